The van der Waals surface area contributed by atoms with E-state index in [9.17, 15) is 4.79 Å². The number of rotatable bonds is 3. The van der Waals surface area contributed by atoms with Gasteiger partial charge < -0.3 is 9.47 Å². The molecule has 1 fully saturated rings. The highest BCUT2D eigenvalue weighted by atomic mass is 16.1. The highest BCUT2D eigenvalue weighted by molar-refractivity contribution is 5.81. The molecule has 0 bridgehead atoms. The molecule has 2 aromatic rings. The Morgan fingerprint density at radius 2 is 2.05 bits per heavy atom. The lowest BCUT2D eigenvalue weighted by Gasteiger charge is -2.20. The predicted molar refractivity (Wildman–Crippen MR) is 83.0 cm³/mol. The second-order valence-electron chi connectivity index (χ2n) is 6.10. The summed E-state index contributed by atoms with van der Waals surface area (Å²) in [5, 5.41) is 1.86. The Morgan fingerprint density at radius 3 is 2.80 bits per heavy atom. The van der Waals surface area contributed by atoms with Crippen LogP contribution < -0.4 is 5.56 Å². The van der Waals surface area contributed by atoms with E-state index >= 15 is 0 Å². The lowest BCUT2D eigenvalue weighted by atomic mass is 10.1. The van der Waals surface area contributed by atoms with Crippen molar-refractivity contribution in [2.45, 2.75) is 32.9 Å². The summed E-state index contributed by atoms with van der Waals surface area (Å²) in [4.78, 5) is 15.0. The molecule has 3 rings (SSSR count). The van der Waals surface area contributed by atoms with Crippen molar-refractivity contribution in [2.75, 3.05) is 13.1 Å². The summed E-state index contributed by atoms with van der Waals surface area (Å²) in [7, 11) is 0. The van der Waals surface area contributed by atoms with Crippen LogP contribution in [0.2, 0.25) is 0 Å². The minimum absolute atomic E-state index is 0.145. The van der Waals surface area contributed by atoms with E-state index in [0.717, 1.165) is 30.4 Å². The minimum Gasteiger partial charge on any atom is -0.315 e. The second kappa shape index (κ2) is 5.41. The van der Waals surface area contributed by atoms with Crippen molar-refractivity contribution >= 4 is 10.8 Å². The van der Waals surface area contributed by atoms with Crippen molar-refractivity contribution < 1.29 is 0 Å². The second-order valence-corrected chi connectivity index (χ2v) is 6.10. The molecule has 0 spiro atoms. The van der Waals surface area contributed by atoms with Crippen LogP contribution >= 0.6 is 0 Å². The molecule has 0 unspecified atom stereocenters. The van der Waals surface area contributed by atoms with E-state index < -0.39 is 0 Å². The molecule has 1 saturated heterocycles. The first-order valence-corrected chi connectivity index (χ1v) is 7.47. The highest BCUT2D eigenvalue weighted by Gasteiger charge is 2.24. The summed E-state index contributed by atoms with van der Waals surface area (Å²) >= 11 is 0. The third-order valence-corrected chi connectivity index (χ3v) is 4.39. The van der Waals surface area contributed by atoms with Gasteiger partial charge in [-0.15, -0.1) is 0 Å². The summed E-state index contributed by atoms with van der Waals surface area (Å²) in [6.07, 6.45) is 3.14. The van der Waals surface area contributed by atoms with Crippen LogP contribution in [0.3, 0.4) is 0 Å². The monoisotopic (exact) mass is 270 g/mol. The zero-order valence-corrected chi connectivity index (χ0v) is 12.2. The highest BCUT2D eigenvalue weighted by Crippen LogP contribution is 2.20. The number of benzene rings is 1. The first kappa shape index (κ1) is 13.4. The molecule has 3 heteroatoms. The Kier molecular flexibility index (Phi) is 3.62. The van der Waals surface area contributed by atoms with Gasteiger partial charge in [0, 0.05) is 30.7 Å². The molecule has 20 heavy (non-hydrogen) atoms. The van der Waals surface area contributed by atoms with Crippen molar-refractivity contribution in [3.8, 4) is 0 Å². The smallest absolute Gasteiger partial charge is 0.258 e. The molecule has 0 radical (unpaired) electrons. The number of pyridine rings is 1. The van der Waals surface area contributed by atoms with Crippen LogP contribution in [0.1, 0.15) is 20.3 Å². The van der Waals surface area contributed by atoms with Crippen LogP contribution in [0.5, 0.6) is 0 Å². The number of nitrogens with zero attached hydrogens (tertiary/aromatic N) is 2. The fraction of sp³-hybridized carbons (Fsp3) is 0.471. The Bertz CT molecular complexity index is 659. The van der Waals surface area contributed by atoms with Crippen LogP contribution in [0.25, 0.3) is 10.8 Å². The van der Waals surface area contributed by atoms with Gasteiger partial charge in [0.15, 0.2) is 0 Å². The zero-order valence-electron chi connectivity index (χ0n) is 12.2. The topological polar surface area (TPSA) is 25.2 Å². The molecular weight excluding hydrogens is 248 g/mol. The number of likely N-dealkylation sites (tertiary alicyclic amines) is 1. The van der Waals surface area contributed by atoms with Gasteiger partial charge >= 0.3 is 0 Å². The maximum absolute atomic E-state index is 12.5. The largest absolute Gasteiger partial charge is 0.315 e. The summed E-state index contributed by atoms with van der Waals surface area (Å²) in [6, 6.07) is 10.5. The van der Waals surface area contributed by atoms with E-state index in [-0.39, 0.29) is 5.56 Å². The van der Waals surface area contributed by atoms with Gasteiger partial charge in [-0.25, -0.2) is 0 Å². The molecular formula is C17H22N2O. The maximum Gasteiger partial charge on any atom is 0.258 e. The lowest BCUT2D eigenvalue weighted by molar-refractivity contribution is 0.260. The fourth-order valence-corrected chi connectivity index (χ4v) is 3.13. The lowest BCUT2D eigenvalue weighted by Crippen LogP contribution is -2.30. The van der Waals surface area contributed by atoms with Gasteiger partial charge in [0.05, 0.1) is 0 Å². The Balaban J connectivity index is 1.82. The molecule has 1 aromatic carbocycles. The van der Waals surface area contributed by atoms with Gasteiger partial charge in [-0.1, -0.05) is 18.2 Å². The molecule has 1 aliphatic rings. The van der Waals surface area contributed by atoms with E-state index in [1.165, 1.54) is 6.42 Å². The van der Waals surface area contributed by atoms with Gasteiger partial charge in [-0.2, -0.15) is 0 Å². The summed E-state index contributed by atoms with van der Waals surface area (Å²) in [5.74, 6) is 0.594. The fourth-order valence-electron chi connectivity index (χ4n) is 3.13. The van der Waals surface area contributed by atoms with Gasteiger partial charge in [0.25, 0.3) is 5.56 Å². The van der Waals surface area contributed by atoms with Gasteiger partial charge in [-0.3, -0.25) is 4.79 Å². The zero-order chi connectivity index (χ0) is 14.1. The van der Waals surface area contributed by atoms with E-state index in [1.54, 1.807) is 0 Å². The van der Waals surface area contributed by atoms with Crippen molar-refractivity contribution in [3.63, 3.8) is 0 Å². The number of aromatic nitrogens is 1. The van der Waals surface area contributed by atoms with Crippen molar-refractivity contribution in [3.05, 3.63) is 46.9 Å². The molecule has 0 N–H and O–H groups in total. The molecule has 1 aliphatic heterocycles. The minimum atomic E-state index is 0.145. The third kappa shape index (κ3) is 2.50. The van der Waals surface area contributed by atoms with E-state index in [0.29, 0.717) is 12.0 Å². The Labute approximate surface area is 119 Å². The Morgan fingerprint density at radius 1 is 1.25 bits per heavy atom. The average molecular weight is 270 g/mol. The molecule has 106 valence electrons. The maximum atomic E-state index is 12.5. The van der Waals surface area contributed by atoms with Crippen molar-refractivity contribution in [2.24, 2.45) is 5.92 Å². The molecule has 1 atom stereocenters. The third-order valence-electron chi connectivity index (χ3n) is 4.39. The quantitative estimate of drug-likeness (QED) is 0.857. The van der Waals surface area contributed by atoms with Crippen LogP contribution in [0.4, 0.5) is 0 Å². The van der Waals surface area contributed by atoms with Gasteiger partial charge in [0.2, 0.25) is 0 Å². The van der Waals surface area contributed by atoms with E-state index in [1.807, 2.05) is 41.1 Å². The first-order valence-electron chi connectivity index (χ1n) is 7.47. The van der Waals surface area contributed by atoms with E-state index in [4.69, 9.17) is 0 Å². The first-order chi connectivity index (χ1) is 9.65. The Hall–Kier alpha value is -1.61. The molecule has 0 saturated carbocycles. The SMILES string of the molecule is CC(C)N1CC[C@H](Cn2ccc3ccccc3c2=O)C1. The van der Waals surface area contributed by atoms with Gasteiger partial charge in [0.1, 0.15) is 0 Å². The van der Waals surface area contributed by atoms with Crippen LogP contribution in [-0.4, -0.2) is 28.6 Å². The molecule has 0 aliphatic carbocycles. The van der Waals surface area contributed by atoms with Gasteiger partial charge in [-0.05, 0) is 50.2 Å². The molecule has 2 heterocycles. The summed E-state index contributed by atoms with van der Waals surface area (Å²) < 4.78 is 1.89. The summed E-state index contributed by atoms with van der Waals surface area (Å²) in [5.41, 5.74) is 0.145. The average Bonchev–Trinajstić information content (AvgIpc) is 2.91. The van der Waals surface area contributed by atoms with E-state index in [2.05, 4.69) is 18.7 Å². The predicted octanol–water partition coefficient (Wildman–Crippen LogP) is 2.73. The standard InChI is InChI=1S/C17H22N2O/c1-13(2)18-9-7-14(11-18)12-19-10-8-15-5-3-4-6-16(15)17(19)20/h3-6,8,10,13-14H,7,9,11-12H2,1-2H3/t14-/m0/s1. The summed E-state index contributed by atoms with van der Waals surface area (Å²) in [6.45, 7) is 7.59. The van der Waals surface area contributed by atoms with Crippen LogP contribution in [0.15, 0.2) is 41.3 Å². The van der Waals surface area contributed by atoms with Crippen LogP contribution in [-0.2, 0) is 6.54 Å². The molecule has 3 nitrogen and oxygen atoms in total. The number of hydrogen-bond donors (Lipinski definition) is 0. The molecule has 0 amide bonds. The molecule has 1 aromatic heterocycles. The number of fused-ring (bicyclic) bond motifs is 1. The number of hydrogen-bond acceptors (Lipinski definition) is 2. The van der Waals surface area contributed by atoms with Crippen molar-refractivity contribution in [1.82, 2.24) is 9.47 Å². The van der Waals surface area contributed by atoms with Crippen LogP contribution in [0, 0.1) is 5.92 Å². The van der Waals surface area contributed by atoms with Crippen molar-refractivity contribution in [1.29, 1.82) is 0 Å². The normalized spacial score (nSPS) is 20.1.